The highest BCUT2D eigenvalue weighted by Gasteiger charge is 2.12. The van der Waals surface area contributed by atoms with E-state index in [-0.39, 0.29) is 6.42 Å². The lowest BCUT2D eigenvalue weighted by Crippen LogP contribution is -2.04. The van der Waals surface area contributed by atoms with E-state index in [9.17, 15) is 4.79 Å². The van der Waals surface area contributed by atoms with Crippen LogP contribution in [-0.2, 0) is 23.0 Å². The minimum atomic E-state index is -0.793. The standard InChI is InChI=1S/C22H22BrNO4/c1-15-20(24-22(28-15)17-5-3-2-4-6-17)11-12-27-19-9-7-16(8-10-21(25)26)18(13-19)14-23/h2-7,9,13H,8,10-12,14H2,1H3,(H,25,26). The van der Waals surface area contributed by atoms with Crippen LogP contribution in [0.25, 0.3) is 11.5 Å². The van der Waals surface area contributed by atoms with Gasteiger partial charge in [0.2, 0.25) is 5.89 Å². The van der Waals surface area contributed by atoms with E-state index < -0.39 is 5.97 Å². The maximum Gasteiger partial charge on any atom is 0.303 e. The first-order valence-electron chi connectivity index (χ1n) is 9.11. The summed E-state index contributed by atoms with van der Waals surface area (Å²) in [5, 5.41) is 9.52. The van der Waals surface area contributed by atoms with E-state index in [1.54, 1.807) is 0 Å². The zero-order valence-electron chi connectivity index (χ0n) is 15.7. The van der Waals surface area contributed by atoms with Crippen molar-refractivity contribution >= 4 is 21.9 Å². The Morgan fingerprint density at radius 2 is 1.93 bits per heavy atom. The Labute approximate surface area is 172 Å². The molecule has 0 saturated carbocycles. The molecular weight excluding hydrogens is 422 g/mol. The fourth-order valence-corrected chi connectivity index (χ4v) is 3.45. The van der Waals surface area contributed by atoms with Gasteiger partial charge in [0, 0.05) is 23.7 Å². The maximum atomic E-state index is 10.8. The van der Waals surface area contributed by atoms with Gasteiger partial charge in [0.05, 0.1) is 12.3 Å². The summed E-state index contributed by atoms with van der Waals surface area (Å²) < 4.78 is 11.7. The van der Waals surface area contributed by atoms with Gasteiger partial charge in [-0.15, -0.1) is 0 Å². The Kier molecular flexibility index (Phi) is 6.87. The Morgan fingerprint density at radius 3 is 2.64 bits per heavy atom. The molecule has 0 aliphatic rings. The van der Waals surface area contributed by atoms with Crippen LogP contribution >= 0.6 is 15.9 Å². The molecule has 28 heavy (non-hydrogen) atoms. The summed E-state index contributed by atoms with van der Waals surface area (Å²) in [6, 6.07) is 15.6. The molecule has 5 nitrogen and oxygen atoms in total. The van der Waals surface area contributed by atoms with Crippen LogP contribution in [0.4, 0.5) is 0 Å². The molecule has 3 rings (SSSR count). The predicted molar refractivity (Wildman–Crippen MR) is 111 cm³/mol. The first-order valence-corrected chi connectivity index (χ1v) is 10.2. The topological polar surface area (TPSA) is 72.6 Å². The Balaban J connectivity index is 1.60. The molecule has 0 aliphatic carbocycles. The minimum absolute atomic E-state index is 0.120. The van der Waals surface area contributed by atoms with Gasteiger partial charge in [-0.3, -0.25) is 4.79 Å². The highest BCUT2D eigenvalue weighted by Crippen LogP contribution is 2.24. The third-order valence-electron chi connectivity index (χ3n) is 4.45. The lowest BCUT2D eigenvalue weighted by atomic mass is 10.0. The van der Waals surface area contributed by atoms with E-state index in [0.29, 0.717) is 30.7 Å². The van der Waals surface area contributed by atoms with Crippen LogP contribution in [0, 0.1) is 6.92 Å². The lowest BCUT2D eigenvalue weighted by molar-refractivity contribution is -0.136. The molecule has 0 atom stereocenters. The number of ether oxygens (including phenoxy) is 1. The second-order valence-electron chi connectivity index (χ2n) is 6.44. The largest absolute Gasteiger partial charge is 0.493 e. The number of oxazole rings is 1. The molecule has 146 valence electrons. The van der Waals surface area contributed by atoms with Gasteiger partial charge in [0.25, 0.3) is 0 Å². The zero-order chi connectivity index (χ0) is 19.9. The van der Waals surface area contributed by atoms with Crippen molar-refractivity contribution in [3.05, 3.63) is 71.1 Å². The van der Waals surface area contributed by atoms with E-state index >= 15 is 0 Å². The summed E-state index contributed by atoms with van der Waals surface area (Å²) in [4.78, 5) is 15.4. The Morgan fingerprint density at radius 1 is 1.14 bits per heavy atom. The van der Waals surface area contributed by atoms with E-state index in [0.717, 1.165) is 33.9 Å². The van der Waals surface area contributed by atoms with E-state index in [4.69, 9.17) is 14.3 Å². The number of benzene rings is 2. The van der Waals surface area contributed by atoms with Crippen LogP contribution in [0.15, 0.2) is 52.9 Å². The van der Waals surface area contributed by atoms with Gasteiger partial charge in [-0.2, -0.15) is 0 Å². The number of hydrogen-bond acceptors (Lipinski definition) is 4. The van der Waals surface area contributed by atoms with Gasteiger partial charge in [-0.25, -0.2) is 4.98 Å². The molecule has 6 heteroatoms. The molecule has 1 N–H and O–H groups in total. The fourth-order valence-electron chi connectivity index (χ4n) is 2.93. The number of rotatable bonds is 9. The number of carboxylic acid groups (broad SMARTS) is 1. The highest BCUT2D eigenvalue weighted by atomic mass is 79.9. The molecule has 0 bridgehead atoms. The highest BCUT2D eigenvalue weighted by molar-refractivity contribution is 9.08. The summed E-state index contributed by atoms with van der Waals surface area (Å²) >= 11 is 3.46. The molecular formula is C22H22BrNO4. The summed E-state index contributed by atoms with van der Waals surface area (Å²) in [7, 11) is 0. The van der Waals surface area contributed by atoms with Crippen molar-refractivity contribution in [1.82, 2.24) is 4.98 Å². The first-order chi connectivity index (χ1) is 13.6. The monoisotopic (exact) mass is 443 g/mol. The van der Waals surface area contributed by atoms with Crippen molar-refractivity contribution in [2.24, 2.45) is 0 Å². The van der Waals surface area contributed by atoms with Crippen LogP contribution in [0.2, 0.25) is 0 Å². The third kappa shape index (κ3) is 5.23. The quantitative estimate of drug-likeness (QED) is 0.461. The van der Waals surface area contributed by atoms with E-state index in [2.05, 4.69) is 20.9 Å². The molecule has 0 saturated heterocycles. The molecule has 1 aromatic heterocycles. The molecule has 3 aromatic rings. The van der Waals surface area contributed by atoms with Gasteiger partial charge in [0.15, 0.2) is 0 Å². The number of halogens is 1. The van der Waals surface area contributed by atoms with E-state index in [1.165, 1.54) is 0 Å². The normalized spacial score (nSPS) is 10.8. The molecule has 1 heterocycles. The Hall–Kier alpha value is -2.60. The van der Waals surface area contributed by atoms with Gasteiger partial charge < -0.3 is 14.3 Å². The van der Waals surface area contributed by atoms with Crippen molar-refractivity contribution in [3.8, 4) is 17.2 Å². The van der Waals surface area contributed by atoms with Crippen LogP contribution in [0.1, 0.15) is 29.0 Å². The molecule has 0 unspecified atom stereocenters. The zero-order valence-corrected chi connectivity index (χ0v) is 17.2. The van der Waals surface area contributed by atoms with Crippen LogP contribution in [0.5, 0.6) is 5.75 Å². The summed E-state index contributed by atoms with van der Waals surface area (Å²) in [6.07, 6.45) is 1.28. The van der Waals surface area contributed by atoms with Crippen LogP contribution < -0.4 is 4.74 Å². The average molecular weight is 444 g/mol. The van der Waals surface area contributed by atoms with Gasteiger partial charge in [0.1, 0.15) is 11.5 Å². The number of carbonyl (C=O) groups is 1. The van der Waals surface area contributed by atoms with Crippen molar-refractivity contribution in [2.75, 3.05) is 6.61 Å². The number of aromatic nitrogens is 1. The number of aryl methyl sites for hydroxylation is 2. The van der Waals surface area contributed by atoms with Crippen LogP contribution in [0.3, 0.4) is 0 Å². The minimum Gasteiger partial charge on any atom is -0.493 e. The lowest BCUT2D eigenvalue weighted by Gasteiger charge is -2.10. The predicted octanol–water partition coefficient (Wildman–Crippen LogP) is 5.18. The van der Waals surface area contributed by atoms with Gasteiger partial charge >= 0.3 is 5.97 Å². The second kappa shape index (κ2) is 9.55. The number of alkyl halides is 1. The molecule has 0 amide bonds. The number of nitrogens with zero attached hydrogens (tertiary/aromatic N) is 1. The Bertz CT molecular complexity index is 937. The first kappa shape index (κ1) is 20.1. The van der Waals surface area contributed by atoms with E-state index in [1.807, 2.05) is 55.5 Å². The second-order valence-corrected chi connectivity index (χ2v) is 7.01. The molecule has 0 aliphatic heterocycles. The number of aliphatic carboxylic acids is 1. The molecule has 0 spiro atoms. The third-order valence-corrected chi connectivity index (χ3v) is 5.06. The smallest absolute Gasteiger partial charge is 0.303 e. The van der Waals surface area contributed by atoms with Crippen molar-refractivity contribution in [2.45, 2.75) is 31.5 Å². The van der Waals surface area contributed by atoms with Gasteiger partial charge in [-0.05, 0) is 48.7 Å². The molecule has 0 radical (unpaired) electrons. The van der Waals surface area contributed by atoms with Gasteiger partial charge in [-0.1, -0.05) is 40.2 Å². The average Bonchev–Trinajstić information content (AvgIpc) is 3.08. The summed E-state index contributed by atoms with van der Waals surface area (Å²) in [5.41, 5.74) is 3.91. The van der Waals surface area contributed by atoms with Crippen molar-refractivity contribution < 1.29 is 19.1 Å². The number of carboxylic acids is 1. The summed E-state index contributed by atoms with van der Waals surface area (Å²) in [6.45, 7) is 2.40. The van der Waals surface area contributed by atoms with Crippen molar-refractivity contribution in [1.29, 1.82) is 0 Å². The maximum absolute atomic E-state index is 10.8. The SMILES string of the molecule is Cc1oc(-c2ccccc2)nc1CCOc1ccc(CCC(=O)O)c(CBr)c1. The molecule has 2 aromatic carbocycles. The molecule has 0 fully saturated rings. The fraction of sp³-hybridized carbons (Fsp3) is 0.273. The summed E-state index contributed by atoms with van der Waals surface area (Å²) in [5.74, 6) is 1.39. The number of hydrogen-bond donors (Lipinski definition) is 1. The van der Waals surface area contributed by atoms with Crippen LogP contribution in [-0.4, -0.2) is 22.7 Å². The van der Waals surface area contributed by atoms with Crippen molar-refractivity contribution in [3.63, 3.8) is 0 Å².